The van der Waals surface area contributed by atoms with E-state index in [1.807, 2.05) is 13.8 Å². The van der Waals surface area contributed by atoms with E-state index in [1.54, 1.807) is 36.4 Å². The van der Waals surface area contributed by atoms with Gasteiger partial charge in [0.1, 0.15) is 11.6 Å². The zero-order valence-electron chi connectivity index (χ0n) is 19.2. The van der Waals surface area contributed by atoms with Crippen molar-refractivity contribution in [3.05, 3.63) is 94.2 Å². The molecule has 0 atom stereocenters. The molecule has 0 aliphatic rings. The minimum absolute atomic E-state index is 0.224. The maximum Gasteiger partial charge on any atom is 0.251 e. The number of amides is 2. The van der Waals surface area contributed by atoms with Crippen molar-refractivity contribution in [2.24, 2.45) is 0 Å². The van der Waals surface area contributed by atoms with Crippen molar-refractivity contribution in [3.63, 3.8) is 0 Å². The summed E-state index contributed by atoms with van der Waals surface area (Å²) >= 11 is 0. The van der Waals surface area contributed by atoms with Crippen molar-refractivity contribution < 1.29 is 18.4 Å². The second-order valence-corrected chi connectivity index (χ2v) is 8.23. The summed E-state index contributed by atoms with van der Waals surface area (Å²) in [5, 5.41) is 6.25. The molecule has 2 amide bonds. The summed E-state index contributed by atoms with van der Waals surface area (Å²) in [5.74, 6) is -1.42. The number of benzene rings is 3. The molecular formula is C27H25F2N3O2. The molecule has 0 aliphatic carbocycles. The summed E-state index contributed by atoms with van der Waals surface area (Å²) in [6, 6.07) is 14.1. The molecule has 34 heavy (non-hydrogen) atoms. The fourth-order valence-corrected chi connectivity index (χ4v) is 4.20. The number of rotatable bonds is 6. The first kappa shape index (κ1) is 23.2. The maximum atomic E-state index is 14.1. The summed E-state index contributed by atoms with van der Waals surface area (Å²) in [7, 11) is 1.49. The highest BCUT2D eigenvalue weighted by atomic mass is 19.1. The Morgan fingerprint density at radius 1 is 0.882 bits per heavy atom. The van der Waals surface area contributed by atoms with E-state index in [0.29, 0.717) is 35.2 Å². The molecule has 4 rings (SSSR count). The normalized spacial score (nSPS) is 11.0. The second-order valence-electron chi connectivity index (χ2n) is 8.23. The fourth-order valence-electron chi connectivity index (χ4n) is 4.20. The number of halogens is 2. The van der Waals surface area contributed by atoms with Crippen LogP contribution < -0.4 is 10.6 Å². The lowest BCUT2D eigenvalue weighted by atomic mass is 10.0. The lowest BCUT2D eigenvalue weighted by molar-refractivity contribution is 0.0949. The number of fused-ring (bicyclic) bond motifs is 1. The Morgan fingerprint density at radius 3 is 2.32 bits per heavy atom. The number of aromatic amines is 1. The average molecular weight is 462 g/mol. The molecular weight excluding hydrogens is 436 g/mol. The first-order valence-corrected chi connectivity index (χ1v) is 11.0. The van der Waals surface area contributed by atoms with E-state index in [2.05, 4.69) is 15.6 Å². The number of H-pyrrole nitrogens is 1. The van der Waals surface area contributed by atoms with E-state index < -0.39 is 5.82 Å². The second kappa shape index (κ2) is 9.47. The van der Waals surface area contributed by atoms with Crippen molar-refractivity contribution in [3.8, 4) is 11.1 Å². The number of hydrogen-bond acceptors (Lipinski definition) is 2. The SMILES string of the molecule is CNC(=O)c1cc(F)cc(-c2ccc(C(=O)NCCc3c(C)[nH]c4c(F)ccc(C)c34)cc2)c1. The van der Waals surface area contributed by atoms with Crippen molar-refractivity contribution in [2.75, 3.05) is 13.6 Å². The summed E-state index contributed by atoms with van der Waals surface area (Å²) < 4.78 is 28.1. The third-order valence-electron chi connectivity index (χ3n) is 5.96. The Hall–Kier alpha value is -4.00. The Morgan fingerprint density at radius 2 is 1.62 bits per heavy atom. The molecule has 0 saturated heterocycles. The zero-order chi connectivity index (χ0) is 24.4. The molecule has 3 aromatic carbocycles. The van der Waals surface area contributed by atoms with E-state index in [1.165, 1.54) is 25.2 Å². The summed E-state index contributed by atoms with van der Waals surface area (Å²) in [6.07, 6.45) is 0.561. The van der Waals surface area contributed by atoms with Crippen molar-refractivity contribution in [1.82, 2.24) is 15.6 Å². The molecule has 0 radical (unpaired) electrons. The summed E-state index contributed by atoms with van der Waals surface area (Å²) in [5.41, 5.74) is 5.26. The van der Waals surface area contributed by atoms with Crippen LogP contribution in [0.5, 0.6) is 0 Å². The van der Waals surface area contributed by atoms with Crippen molar-refractivity contribution in [2.45, 2.75) is 20.3 Å². The highest BCUT2D eigenvalue weighted by Gasteiger charge is 2.15. The molecule has 0 saturated carbocycles. The van der Waals surface area contributed by atoms with Gasteiger partial charge in [-0.2, -0.15) is 0 Å². The van der Waals surface area contributed by atoms with E-state index >= 15 is 0 Å². The van der Waals surface area contributed by atoms with Crippen LogP contribution in [-0.2, 0) is 6.42 Å². The Balaban J connectivity index is 1.45. The zero-order valence-corrected chi connectivity index (χ0v) is 19.2. The lowest BCUT2D eigenvalue weighted by Gasteiger charge is -2.09. The molecule has 7 heteroatoms. The predicted octanol–water partition coefficient (Wildman–Crippen LogP) is 5.06. The van der Waals surface area contributed by atoms with Gasteiger partial charge >= 0.3 is 0 Å². The van der Waals surface area contributed by atoms with Crippen LogP contribution in [0.3, 0.4) is 0 Å². The van der Waals surface area contributed by atoms with Crippen LogP contribution in [0, 0.1) is 25.5 Å². The average Bonchev–Trinajstić information content (AvgIpc) is 3.17. The standard InChI is InChI=1S/C27H25F2N3O2/c1-15-4-9-23(29)25-24(15)22(16(2)32-25)10-11-31-27(34)18-7-5-17(6-8-18)19-12-20(26(33)30-3)14-21(28)13-19/h4-9,12-14,32H,10-11H2,1-3H3,(H,30,33)(H,31,34). The number of carbonyl (C=O) groups is 2. The molecule has 1 aromatic heterocycles. The summed E-state index contributed by atoms with van der Waals surface area (Å²) in [4.78, 5) is 27.6. The van der Waals surface area contributed by atoms with Crippen LogP contribution in [0.25, 0.3) is 22.0 Å². The van der Waals surface area contributed by atoms with Gasteiger partial charge in [0.25, 0.3) is 11.8 Å². The molecule has 4 aromatic rings. The summed E-state index contributed by atoms with van der Waals surface area (Å²) in [6.45, 7) is 4.23. The molecule has 0 spiro atoms. The molecule has 0 aliphatic heterocycles. The monoisotopic (exact) mass is 461 g/mol. The third kappa shape index (κ3) is 4.55. The lowest BCUT2D eigenvalue weighted by Crippen LogP contribution is -2.25. The largest absolute Gasteiger partial charge is 0.356 e. The first-order chi connectivity index (χ1) is 16.3. The molecule has 174 valence electrons. The number of nitrogens with one attached hydrogen (secondary N) is 3. The maximum absolute atomic E-state index is 14.1. The van der Waals surface area contributed by atoms with E-state index in [9.17, 15) is 18.4 Å². The number of aryl methyl sites for hydroxylation is 2. The van der Waals surface area contributed by atoms with Gasteiger partial charge in [0, 0.05) is 35.8 Å². The quantitative estimate of drug-likeness (QED) is 0.375. The van der Waals surface area contributed by atoms with Crippen molar-refractivity contribution >= 4 is 22.7 Å². The van der Waals surface area contributed by atoms with Gasteiger partial charge in [0.05, 0.1) is 5.52 Å². The predicted molar refractivity (Wildman–Crippen MR) is 129 cm³/mol. The number of carbonyl (C=O) groups excluding carboxylic acids is 2. The van der Waals surface area contributed by atoms with Gasteiger partial charge < -0.3 is 15.6 Å². The van der Waals surface area contributed by atoms with Gasteiger partial charge in [-0.25, -0.2) is 8.78 Å². The van der Waals surface area contributed by atoms with E-state index in [4.69, 9.17) is 0 Å². The van der Waals surface area contributed by atoms with Gasteiger partial charge in [-0.3, -0.25) is 9.59 Å². The Labute approximate surface area is 196 Å². The van der Waals surface area contributed by atoms with Gasteiger partial charge in [-0.1, -0.05) is 18.2 Å². The van der Waals surface area contributed by atoms with Crippen LogP contribution in [-0.4, -0.2) is 30.4 Å². The Bertz CT molecular complexity index is 1390. The molecule has 0 bridgehead atoms. The fraction of sp³-hybridized carbons (Fsp3) is 0.185. The van der Waals surface area contributed by atoms with Crippen LogP contribution in [0.2, 0.25) is 0 Å². The number of hydrogen-bond donors (Lipinski definition) is 3. The smallest absolute Gasteiger partial charge is 0.251 e. The van der Waals surface area contributed by atoms with E-state index in [-0.39, 0.29) is 23.2 Å². The minimum atomic E-state index is -0.513. The van der Waals surface area contributed by atoms with Gasteiger partial charge in [0.15, 0.2) is 0 Å². The van der Waals surface area contributed by atoms with Crippen LogP contribution in [0.1, 0.15) is 37.5 Å². The molecule has 0 unspecified atom stereocenters. The molecule has 3 N–H and O–H groups in total. The molecule has 0 fully saturated rings. The molecule has 5 nitrogen and oxygen atoms in total. The van der Waals surface area contributed by atoms with Crippen molar-refractivity contribution in [1.29, 1.82) is 0 Å². The van der Waals surface area contributed by atoms with Gasteiger partial charge in [-0.05, 0) is 78.9 Å². The van der Waals surface area contributed by atoms with Gasteiger partial charge in [0.2, 0.25) is 0 Å². The van der Waals surface area contributed by atoms with Crippen LogP contribution in [0.15, 0.2) is 54.6 Å². The highest BCUT2D eigenvalue weighted by Crippen LogP contribution is 2.28. The number of aromatic nitrogens is 1. The van der Waals surface area contributed by atoms with E-state index in [0.717, 1.165) is 22.2 Å². The third-order valence-corrected chi connectivity index (χ3v) is 5.96. The topological polar surface area (TPSA) is 74.0 Å². The van der Waals surface area contributed by atoms with Crippen LogP contribution >= 0.6 is 0 Å². The Kier molecular flexibility index (Phi) is 6.45. The first-order valence-electron chi connectivity index (χ1n) is 11.0. The minimum Gasteiger partial charge on any atom is -0.356 e. The van der Waals surface area contributed by atoms with Gasteiger partial charge in [-0.15, -0.1) is 0 Å². The van der Waals surface area contributed by atoms with Crippen LogP contribution in [0.4, 0.5) is 8.78 Å². The highest BCUT2D eigenvalue weighted by molar-refractivity contribution is 5.96. The molecule has 1 heterocycles.